The summed E-state index contributed by atoms with van der Waals surface area (Å²) in [5.74, 6) is 1.04. The fourth-order valence-corrected chi connectivity index (χ4v) is 3.90. The maximum absolute atomic E-state index is 5.74. The van der Waals surface area contributed by atoms with Crippen LogP contribution < -0.4 is 5.73 Å². The SMILES string of the molecule is Cc1nc2ncc(Br)cc2n1C[C@@H]1CCCN1C(C)CCN. The van der Waals surface area contributed by atoms with Gasteiger partial charge in [0.1, 0.15) is 5.82 Å². The Bertz CT molecular complexity index is 653. The first-order chi connectivity index (χ1) is 10.6. The van der Waals surface area contributed by atoms with Crippen molar-refractivity contribution in [2.24, 2.45) is 5.73 Å². The predicted molar refractivity (Wildman–Crippen MR) is 92.8 cm³/mol. The number of likely N-dealkylation sites (tertiary alicyclic amines) is 1. The number of aryl methyl sites for hydroxylation is 1. The molecule has 0 saturated carbocycles. The zero-order valence-electron chi connectivity index (χ0n) is 13.3. The number of hydrogen-bond acceptors (Lipinski definition) is 4. The van der Waals surface area contributed by atoms with Crippen molar-refractivity contribution >= 4 is 27.1 Å². The quantitative estimate of drug-likeness (QED) is 0.884. The van der Waals surface area contributed by atoms with E-state index in [0.29, 0.717) is 12.1 Å². The monoisotopic (exact) mass is 365 g/mol. The minimum absolute atomic E-state index is 0.553. The molecule has 3 rings (SSSR count). The number of nitrogens with two attached hydrogens (primary N) is 1. The van der Waals surface area contributed by atoms with Gasteiger partial charge in [-0.2, -0.15) is 0 Å². The van der Waals surface area contributed by atoms with E-state index in [9.17, 15) is 0 Å². The Morgan fingerprint density at radius 3 is 3.09 bits per heavy atom. The van der Waals surface area contributed by atoms with E-state index in [1.165, 1.54) is 19.4 Å². The van der Waals surface area contributed by atoms with Gasteiger partial charge in [-0.15, -0.1) is 0 Å². The van der Waals surface area contributed by atoms with Crippen molar-refractivity contribution in [2.45, 2.75) is 51.7 Å². The van der Waals surface area contributed by atoms with Gasteiger partial charge >= 0.3 is 0 Å². The summed E-state index contributed by atoms with van der Waals surface area (Å²) in [7, 11) is 0. The van der Waals surface area contributed by atoms with Crippen molar-refractivity contribution < 1.29 is 0 Å². The summed E-state index contributed by atoms with van der Waals surface area (Å²) in [5, 5.41) is 0. The summed E-state index contributed by atoms with van der Waals surface area (Å²) in [6.45, 7) is 7.28. The van der Waals surface area contributed by atoms with Crippen molar-refractivity contribution in [1.82, 2.24) is 19.4 Å². The molecule has 0 radical (unpaired) electrons. The molecule has 2 N–H and O–H groups in total. The van der Waals surface area contributed by atoms with Gasteiger partial charge < -0.3 is 10.3 Å². The van der Waals surface area contributed by atoms with Crippen LogP contribution in [0.25, 0.3) is 11.2 Å². The Labute approximate surface area is 140 Å². The van der Waals surface area contributed by atoms with E-state index >= 15 is 0 Å². The Morgan fingerprint density at radius 1 is 1.50 bits per heavy atom. The van der Waals surface area contributed by atoms with Crippen LogP contribution in [0.15, 0.2) is 16.7 Å². The number of hydrogen-bond donors (Lipinski definition) is 1. The van der Waals surface area contributed by atoms with Crippen molar-refractivity contribution in [3.05, 3.63) is 22.6 Å². The number of halogens is 1. The van der Waals surface area contributed by atoms with Gasteiger partial charge in [-0.3, -0.25) is 4.90 Å². The number of imidazole rings is 1. The van der Waals surface area contributed by atoms with Gasteiger partial charge in [0.2, 0.25) is 0 Å². The standard InChI is InChI=1S/C16H24BrN5/c1-11(5-6-18)21-7-3-4-14(21)10-22-12(2)20-16-15(22)8-13(17)9-19-16/h8-9,11,14H,3-7,10,18H2,1-2H3/t11?,14-/m0/s1. The number of pyridine rings is 1. The molecule has 0 bridgehead atoms. The van der Waals surface area contributed by atoms with E-state index in [1.807, 2.05) is 6.20 Å². The van der Waals surface area contributed by atoms with Gasteiger partial charge in [0, 0.05) is 29.3 Å². The highest BCUT2D eigenvalue weighted by molar-refractivity contribution is 9.10. The van der Waals surface area contributed by atoms with Crippen molar-refractivity contribution in [3.8, 4) is 0 Å². The molecule has 2 aromatic rings. The molecule has 1 aliphatic heterocycles. The number of aromatic nitrogens is 3. The van der Waals surface area contributed by atoms with Gasteiger partial charge in [-0.25, -0.2) is 9.97 Å². The highest BCUT2D eigenvalue weighted by atomic mass is 79.9. The lowest BCUT2D eigenvalue weighted by Crippen LogP contribution is -2.40. The van der Waals surface area contributed by atoms with E-state index in [-0.39, 0.29) is 0 Å². The zero-order chi connectivity index (χ0) is 15.7. The highest BCUT2D eigenvalue weighted by Gasteiger charge is 2.29. The summed E-state index contributed by atoms with van der Waals surface area (Å²) in [6, 6.07) is 3.24. The average molecular weight is 366 g/mol. The Balaban J connectivity index is 1.86. The van der Waals surface area contributed by atoms with Crippen LogP contribution in [0, 0.1) is 6.92 Å². The second-order valence-electron chi connectivity index (χ2n) is 6.23. The molecular weight excluding hydrogens is 342 g/mol. The molecule has 120 valence electrons. The molecule has 0 spiro atoms. The first-order valence-electron chi connectivity index (χ1n) is 8.04. The summed E-state index contributed by atoms with van der Waals surface area (Å²) < 4.78 is 3.31. The second kappa shape index (κ2) is 6.64. The van der Waals surface area contributed by atoms with Gasteiger partial charge in [-0.1, -0.05) is 0 Å². The van der Waals surface area contributed by atoms with E-state index in [0.717, 1.165) is 41.0 Å². The predicted octanol–water partition coefficient (Wildman–Crippen LogP) is 2.70. The fraction of sp³-hybridized carbons (Fsp3) is 0.625. The lowest BCUT2D eigenvalue weighted by molar-refractivity contribution is 0.170. The molecule has 1 unspecified atom stereocenters. The summed E-state index contributed by atoms with van der Waals surface area (Å²) in [4.78, 5) is 11.6. The first-order valence-corrected chi connectivity index (χ1v) is 8.83. The van der Waals surface area contributed by atoms with Crippen LogP contribution in [0.2, 0.25) is 0 Å². The summed E-state index contributed by atoms with van der Waals surface area (Å²) >= 11 is 3.52. The maximum atomic E-state index is 5.74. The van der Waals surface area contributed by atoms with Crippen molar-refractivity contribution in [3.63, 3.8) is 0 Å². The molecule has 6 heteroatoms. The zero-order valence-corrected chi connectivity index (χ0v) is 14.9. The van der Waals surface area contributed by atoms with Gasteiger partial charge in [-0.05, 0) is 68.2 Å². The smallest absolute Gasteiger partial charge is 0.177 e. The third kappa shape index (κ3) is 3.05. The van der Waals surface area contributed by atoms with Crippen LogP contribution in [0.4, 0.5) is 0 Å². The minimum Gasteiger partial charge on any atom is -0.330 e. The highest BCUT2D eigenvalue weighted by Crippen LogP contribution is 2.25. The van der Waals surface area contributed by atoms with E-state index in [2.05, 4.69) is 55.3 Å². The van der Waals surface area contributed by atoms with Gasteiger partial charge in [0.15, 0.2) is 5.65 Å². The van der Waals surface area contributed by atoms with Crippen LogP contribution in [-0.4, -0.2) is 44.6 Å². The average Bonchev–Trinajstić information content (AvgIpc) is 3.06. The van der Waals surface area contributed by atoms with E-state index in [1.54, 1.807) is 0 Å². The second-order valence-corrected chi connectivity index (χ2v) is 7.14. The third-order valence-corrected chi connectivity index (χ3v) is 5.16. The van der Waals surface area contributed by atoms with Crippen LogP contribution in [0.3, 0.4) is 0 Å². The van der Waals surface area contributed by atoms with Crippen LogP contribution in [0.5, 0.6) is 0 Å². The Kier molecular flexibility index (Phi) is 4.80. The molecule has 1 aliphatic rings. The molecule has 0 aromatic carbocycles. The topological polar surface area (TPSA) is 60.0 Å². The van der Waals surface area contributed by atoms with E-state index < -0.39 is 0 Å². The van der Waals surface area contributed by atoms with Gasteiger partial charge in [0.25, 0.3) is 0 Å². The minimum atomic E-state index is 0.553. The summed E-state index contributed by atoms with van der Waals surface area (Å²) in [5.41, 5.74) is 7.69. The Morgan fingerprint density at radius 2 is 2.32 bits per heavy atom. The molecule has 2 atom stereocenters. The molecule has 1 saturated heterocycles. The maximum Gasteiger partial charge on any atom is 0.177 e. The van der Waals surface area contributed by atoms with Gasteiger partial charge in [0.05, 0.1) is 5.52 Å². The van der Waals surface area contributed by atoms with E-state index in [4.69, 9.17) is 5.73 Å². The lowest BCUT2D eigenvalue weighted by atomic mass is 10.1. The third-order valence-electron chi connectivity index (χ3n) is 4.73. The first kappa shape index (κ1) is 15.9. The normalized spacial score (nSPS) is 20.8. The molecular formula is C16H24BrN5. The van der Waals surface area contributed by atoms with Crippen LogP contribution in [-0.2, 0) is 6.54 Å². The summed E-state index contributed by atoms with van der Waals surface area (Å²) in [6.07, 6.45) is 5.39. The largest absolute Gasteiger partial charge is 0.330 e. The van der Waals surface area contributed by atoms with Crippen molar-refractivity contribution in [1.29, 1.82) is 0 Å². The fourth-order valence-electron chi connectivity index (χ4n) is 3.58. The molecule has 1 fully saturated rings. The molecule has 0 amide bonds. The van der Waals surface area contributed by atoms with Crippen molar-refractivity contribution in [2.75, 3.05) is 13.1 Å². The Hall–Kier alpha value is -0.980. The molecule has 2 aromatic heterocycles. The molecule has 3 heterocycles. The molecule has 22 heavy (non-hydrogen) atoms. The van der Waals surface area contributed by atoms with Crippen LogP contribution >= 0.6 is 15.9 Å². The molecule has 5 nitrogen and oxygen atoms in total. The number of rotatable bonds is 5. The number of fused-ring (bicyclic) bond motifs is 1. The number of nitrogens with zero attached hydrogens (tertiary/aromatic N) is 4. The molecule has 0 aliphatic carbocycles. The lowest BCUT2D eigenvalue weighted by Gasteiger charge is -2.31. The van der Waals surface area contributed by atoms with Crippen LogP contribution in [0.1, 0.15) is 32.0 Å².